The largest absolute Gasteiger partial charge is 0.496 e. The van der Waals surface area contributed by atoms with Crippen LogP contribution in [0.25, 0.3) is 0 Å². The molecule has 0 heterocycles. The Morgan fingerprint density at radius 3 is 2.28 bits per heavy atom. The molecule has 1 aromatic carbocycles. The zero-order chi connectivity index (χ0) is 13.7. The molecule has 1 aromatic rings. The second-order valence-electron chi connectivity index (χ2n) is 4.11. The Balaban J connectivity index is 2.69. The third-order valence-corrected chi connectivity index (χ3v) is 2.53. The van der Waals surface area contributed by atoms with Gasteiger partial charge in [0.05, 0.1) is 7.11 Å². The third kappa shape index (κ3) is 3.76. The molecule has 0 aromatic heterocycles. The first kappa shape index (κ1) is 14.0. The van der Waals surface area contributed by atoms with Crippen LogP contribution in [0.15, 0.2) is 12.1 Å². The SMILES string of the molecule is COc1c(C)cc(CNC(=O)CC(=O)O)cc1C. The average molecular weight is 251 g/mol. The topological polar surface area (TPSA) is 75.6 Å². The van der Waals surface area contributed by atoms with Crippen LogP contribution in [0.3, 0.4) is 0 Å². The van der Waals surface area contributed by atoms with Crippen molar-refractivity contribution in [3.8, 4) is 5.75 Å². The predicted octanol–water partition coefficient (Wildman–Crippen LogP) is 1.40. The van der Waals surface area contributed by atoms with Crippen LogP contribution in [0.2, 0.25) is 0 Å². The van der Waals surface area contributed by atoms with Crippen molar-refractivity contribution in [2.75, 3.05) is 7.11 Å². The van der Waals surface area contributed by atoms with Crippen molar-refractivity contribution >= 4 is 11.9 Å². The molecule has 0 fully saturated rings. The van der Waals surface area contributed by atoms with Crippen LogP contribution in [0.1, 0.15) is 23.1 Å². The molecule has 5 nitrogen and oxygen atoms in total. The van der Waals surface area contributed by atoms with Crippen molar-refractivity contribution in [1.29, 1.82) is 0 Å². The second kappa shape index (κ2) is 6.05. The fourth-order valence-electron chi connectivity index (χ4n) is 1.86. The maximum Gasteiger partial charge on any atom is 0.312 e. The molecule has 0 aliphatic carbocycles. The molecule has 1 rings (SSSR count). The van der Waals surface area contributed by atoms with Crippen LogP contribution in [-0.4, -0.2) is 24.1 Å². The van der Waals surface area contributed by atoms with E-state index in [1.54, 1.807) is 7.11 Å². The summed E-state index contributed by atoms with van der Waals surface area (Å²) in [6.07, 6.45) is -0.506. The number of methoxy groups -OCH3 is 1. The Morgan fingerprint density at radius 2 is 1.83 bits per heavy atom. The van der Waals surface area contributed by atoms with Gasteiger partial charge in [-0.1, -0.05) is 12.1 Å². The molecule has 0 atom stereocenters. The van der Waals surface area contributed by atoms with Gasteiger partial charge in [0.1, 0.15) is 12.2 Å². The number of hydrogen-bond acceptors (Lipinski definition) is 3. The number of aliphatic carboxylic acids is 1. The summed E-state index contributed by atoms with van der Waals surface area (Å²) in [7, 11) is 1.61. The molecule has 0 saturated carbocycles. The maximum atomic E-state index is 11.2. The summed E-state index contributed by atoms with van der Waals surface area (Å²) < 4.78 is 5.24. The predicted molar refractivity (Wildman–Crippen MR) is 66.6 cm³/mol. The van der Waals surface area contributed by atoms with Crippen LogP contribution >= 0.6 is 0 Å². The van der Waals surface area contributed by atoms with E-state index in [-0.39, 0.29) is 0 Å². The molecule has 18 heavy (non-hydrogen) atoms. The molecule has 5 heteroatoms. The summed E-state index contributed by atoms with van der Waals surface area (Å²) in [4.78, 5) is 21.5. The minimum atomic E-state index is -1.13. The van der Waals surface area contributed by atoms with E-state index in [0.717, 1.165) is 22.4 Å². The highest BCUT2D eigenvalue weighted by atomic mass is 16.5. The van der Waals surface area contributed by atoms with Crippen molar-refractivity contribution in [3.63, 3.8) is 0 Å². The highest BCUT2D eigenvalue weighted by Gasteiger charge is 2.09. The first-order valence-corrected chi connectivity index (χ1v) is 5.56. The number of amides is 1. The van der Waals surface area contributed by atoms with Gasteiger partial charge in [-0.05, 0) is 30.5 Å². The fraction of sp³-hybridized carbons (Fsp3) is 0.385. The zero-order valence-electron chi connectivity index (χ0n) is 10.7. The quantitative estimate of drug-likeness (QED) is 0.776. The number of aryl methyl sites for hydroxylation is 2. The number of nitrogens with one attached hydrogen (secondary N) is 1. The smallest absolute Gasteiger partial charge is 0.312 e. The molecule has 0 radical (unpaired) electrons. The fourth-order valence-corrected chi connectivity index (χ4v) is 1.86. The lowest BCUT2D eigenvalue weighted by Crippen LogP contribution is -2.25. The average Bonchev–Trinajstić information content (AvgIpc) is 2.25. The van der Waals surface area contributed by atoms with Gasteiger partial charge >= 0.3 is 5.97 Å². The maximum absolute atomic E-state index is 11.2. The molecule has 0 aliphatic heterocycles. The summed E-state index contributed by atoms with van der Waals surface area (Å²) >= 11 is 0. The van der Waals surface area contributed by atoms with E-state index in [4.69, 9.17) is 9.84 Å². The summed E-state index contributed by atoms with van der Waals surface area (Å²) in [6.45, 7) is 4.17. The van der Waals surface area contributed by atoms with E-state index in [1.165, 1.54) is 0 Å². The number of carboxylic acid groups (broad SMARTS) is 1. The zero-order valence-corrected chi connectivity index (χ0v) is 10.7. The van der Waals surface area contributed by atoms with E-state index in [2.05, 4.69) is 5.32 Å². The molecule has 98 valence electrons. The van der Waals surface area contributed by atoms with E-state index in [1.807, 2.05) is 26.0 Å². The van der Waals surface area contributed by atoms with Crippen molar-refractivity contribution < 1.29 is 19.4 Å². The standard InChI is InChI=1S/C13H17NO4/c1-8-4-10(5-9(2)13(8)18-3)7-14-11(15)6-12(16)17/h4-5H,6-7H2,1-3H3,(H,14,15)(H,16,17). The van der Waals surface area contributed by atoms with E-state index >= 15 is 0 Å². The minimum Gasteiger partial charge on any atom is -0.496 e. The van der Waals surface area contributed by atoms with Crippen LogP contribution in [0.4, 0.5) is 0 Å². The van der Waals surface area contributed by atoms with Gasteiger partial charge in [-0.15, -0.1) is 0 Å². The van der Waals surface area contributed by atoms with Gasteiger partial charge in [-0.3, -0.25) is 9.59 Å². The van der Waals surface area contributed by atoms with Crippen molar-refractivity contribution in [2.45, 2.75) is 26.8 Å². The highest BCUT2D eigenvalue weighted by Crippen LogP contribution is 2.24. The summed E-state index contributed by atoms with van der Waals surface area (Å²) in [5, 5.41) is 11.0. The monoisotopic (exact) mass is 251 g/mol. The number of carbonyl (C=O) groups excluding carboxylic acids is 1. The van der Waals surface area contributed by atoms with Gasteiger partial charge in [0.15, 0.2) is 0 Å². The summed E-state index contributed by atoms with van der Waals surface area (Å²) in [5.41, 5.74) is 2.89. The molecule has 1 amide bonds. The van der Waals surface area contributed by atoms with Crippen LogP contribution in [0.5, 0.6) is 5.75 Å². The third-order valence-electron chi connectivity index (χ3n) is 2.53. The molecule has 0 unspecified atom stereocenters. The minimum absolute atomic E-state index is 0.317. The molecular weight excluding hydrogens is 234 g/mol. The molecule has 0 bridgehead atoms. The Hall–Kier alpha value is -2.04. The molecule has 0 spiro atoms. The van der Waals surface area contributed by atoms with Gasteiger partial charge in [0.2, 0.25) is 5.91 Å². The normalized spacial score (nSPS) is 9.94. The lowest BCUT2D eigenvalue weighted by Gasteiger charge is -2.11. The highest BCUT2D eigenvalue weighted by molar-refractivity contribution is 5.93. The Labute approximate surface area is 106 Å². The van der Waals surface area contributed by atoms with Crippen LogP contribution < -0.4 is 10.1 Å². The molecule has 0 saturated heterocycles. The van der Waals surface area contributed by atoms with Crippen LogP contribution in [-0.2, 0) is 16.1 Å². The van der Waals surface area contributed by atoms with Gasteiger partial charge in [0, 0.05) is 6.54 Å². The van der Waals surface area contributed by atoms with E-state index in [0.29, 0.717) is 6.54 Å². The summed E-state index contributed by atoms with van der Waals surface area (Å²) in [6, 6.07) is 3.82. The van der Waals surface area contributed by atoms with Crippen molar-refractivity contribution in [3.05, 3.63) is 28.8 Å². The number of carboxylic acids is 1. The lowest BCUT2D eigenvalue weighted by atomic mass is 10.1. The van der Waals surface area contributed by atoms with E-state index in [9.17, 15) is 9.59 Å². The Kier molecular flexibility index (Phi) is 4.71. The van der Waals surface area contributed by atoms with Gasteiger partial charge in [0.25, 0.3) is 0 Å². The van der Waals surface area contributed by atoms with Crippen LogP contribution in [0, 0.1) is 13.8 Å². The summed E-state index contributed by atoms with van der Waals surface area (Å²) in [5.74, 6) is -0.793. The number of benzene rings is 1. The molecular formula is C13H17NO4. The number of carbonyl (C=O) groups is 2. The number of hydrogen-bond donors (Lipinski definition) is 2. The lowest BCUT2D eigenvalue weighted by molar-refractivity contribution is -0.140. The number of rotatable bonds is 5. The van der Waals surface area contributed by atoms with Gasteiger partial charge < -0.3 is 15.2 Å². The van der Waals surface area contributed by atoms with Crippen molar-refractivity contribution in [2.24, 2.45) is 0 Å². The van der Waals surface area contributed by atoms with E-state index < -0.39 is 18.3 Å². The molecule has 0 aliphatic rings. The first-order valence-electron chi connectivity index (χ1n) is 5.56. The number of ether oxygens (including phenoxy) is 1. The second-order valence-corrected chi connectivity index (χ2v) is 4.11. The first-order chi connectivity index (χ1) is 8.43. The van der Waals surface area contributed by atoms with Crippen molar-refractivity contribution in [1.82, 2.24) is 5.32 Å². The van der Waals surface area contributed by atoms with Gasteiger partial charge in [-0.25, -0.2) is 0 Å². The van der Waals surface area contributed by atoms with Gasteiger partial charge in [-0.2, -0.15) is 0 Å². The Bertz CT molecular complexity index is 445. The Morgan fingerprint density at radius 1 is 1.28 bits per heavy atom. The molecule has 2 N–H and O–H groups in total.